The van der Waals surface area contributed by atoms with Crippen LogP contribution in [-0.2, 0) is 0 Å². The standard InChI is InChI=1S/C16H14FN3O3/c1-21-13-5-3-4-12(14(13)22-2)15-19-16(23-20-15)18-11-8-6-10(17)7-9-11/h3-9H,1-2H3,(H,18,19,20). The van der Waals surface area contributed by atoms with E-state index < -0.39 is 0 Å². The maximum Gasteiger partial charge on any atom is 0.326 e. The molecule has 0 radical (unpaired) electrons. The molecule has 0 atom stereocenters. The van der Waals surface area contributed by atoms with Crippen molar-refractivity contribution in [2.75, 3.05) is 19.5 Å². The van der Waals surface area contributed by atoms with Crippen LogP contribution in [0.5, 0.6) is 11.5 Å². The van der Waals surface area contributed by atoms with Gasteiger partial charge >= 0.3 is 6.01 Å². The lowest BCUT2D eigenvalue weighted by Crippen LogP contribution is -1.94. The molecule has 0 spiro atoms. The van der Waals surface area contributed by atoms with Crippen molar-refractivity contribution < 1.29 is 18.4 Å². The van der Waals surface area contributed by atoms with Gasteiger partial charge in [0, 0.05) is 5.69 Å². The van der Waals surface area contributed by atoms with E-state index in [1.807, 2.05) is 0 Å². The number of nitrogens with zero attached hydrogens (tertiary/aromatic N) is 2. The van der Waals surface area contributed by atoms with Crippen LogP contribution in [0.2, 0.25) is 0 Å². The van der Waals surface area contributed by atoms with Crippen LogP contribution < -0.4 is 14.8 Å². The molecule has 23 heavy (non-hydrogen) atoms. The topological polar surface area (TPSA) is 69.4 Å². The molecule has 0 bridgehead atoms. The molecule has 1 aromatic heterocycles. The van der Waals surface area contributed by atoms with Crippen molar-refractivity contribution in [1.29, 1.82) is 0 Å². The van der Waals surface area contributed by atoms with Gasteiger partial charge in [0.25, 0.3) is 0 Å². The summed E-state index contributed by atoms with van der Waals surface area (Å²) >= 11 is 0. The molecule has 2 aromatic carbocycles. The summed E-state index contributed by atoms with van der Waals surface area (Å²) in [6.07, 6.45) is 0. The van der Waals surface area contributed by atoms with E-state index in [2.05, 4.69) is 15.5 Å². The van der Waals surface area contributed by atoms with Gasteiger partial charge in [0.15, 0.2) is 11.5 Å². The third-order valence-corrected chi connectivity index (χ3v) is 3.17. The Balaban J connectivity index is 1.89. The van der Waals surface area contributed by atoms with Crippen LogP contribution in [0.3, 0.4) is 0 Å². The second kappa shape index (κ2) is 6.35. The van der Waals surface area contributed by atoms with Crippen molar-refractivity contribution in [2.24, 2.45) is 0 Å². The van der Waals surface area contributed by atoms with Gasteiger partial charge in [0.2, 0.25) is 5.82 Å². The normalized spacial score (nSPS) is 10.4. The zero-order valence-electron chi connectivity index (χ0n) is 12.5. The van der Waals surface area contributed by atoms with Gasteiger partial charge in [0.05, 0.1) is 19.8 Å². The van der Waals surface area contributed by atoms with E-state index in [1.54, 1.807) is 44.6 Å². The van der Waals surface area contributed by atoms with E-state index in [-0.39, 0.29) is 11.8 Å². The molecule has 1 N–H and O–H groups in total. The first-order valence-corrected chi connectivity index (χ1v) is 6.79. The molecule has 118 valence electrons. The predicted molar refractivity (Wildman–Crippen MR) is 82.5 cm³/mol. The number of methoxy groups -OCH3 is 2. The largest absolute Gasteiger partial charge is 0.493 e. The summed E-state index contributed by atoms with van der Waals surface area (Å²) in [4.78, 5) is 4.26. The van der Waals surface area contributed by atoms with Crippen LogP contribution in [0.15, 0.2) is 47.0 Å². The number of benzene rings is 2. The molecule has 7 heteroatoms. The van der Waals surface area contributed by atoms with Gasteiger partial charge in [-0.2, -0.15) is 4.98 Å². The molecule has 0 saturated carbocycles. The first-order valence-electron chi connectivity index (χ1n) is 6.79. The molecule has 0 fully saturated rings. The summed E-state index contributed by atoms with van der Waals surface area (Å²) in [5.41, 5.74) is 1.28. The number of rotatable bonds is 5. The fraction of sp³-hybridized carbons (Fsp3) is 0.125. The Labute approximate surface area is 131 Å². The highest BCUT2D eigenvalue weighted by Crippen LogP contribution is 2.36. The lowest BCUT2D eigenvalue weighted by molar-refractivity contribution is 0.355. The zero-order valence-corrected chi connectivity index (χ0v) is 12.5. The third-order valence-electron chi connectivity index (χ3n) is 3.17. The van der Waals surface area contributed by atoms with Crippen molar-refractivity contribution in [3.05, 3.63) is 48.3 Å². The van der Waals surface area contributed by atoms with E-state index in [0.717, 1.165) is 0 Å². The van der Waals surface area contributed by atoms with Crippen molar-refractivity contribution in [1.82, 2.24) is 10.1 Å². The molecule has 0 saturated heterocycles. The van der Waals surface area contributed by atoms with E-state index >= 15 is 0 Å². The Bertz CT molecular complexity index is 803. The highest BCUT2D eigenvalue weighted by Gasteiger charge is 2.16. The fourth-order valence-corrected chi connectivity index (χ4v) is 2.10. The van der Waals surface area contributed by atoms with Crippen molar-refractivity contribution in [3.63, 3.8) is 0 Å². The number of nitrogens with one attached hydrogen (secondary N) is 1. The van der Waals surface area contributed by atoms with E-state index in [1.165, 1.54) is 12.1 Å². The number of ether oxygens (including phenoxy) is 2. The second-order valence-electron chi connectivity index (χ2n) is 4.60. The Morgan fingerprint density at radius 3 is 2.52 bits per heavy atom. The molecule has 3 aromatic rings. The van der Waals surface area contributed by atoms with Gasteiger partial charge in [-0.3, -0.25) is 0 Å². The molecule has 1 heterocycles. The molecule has 0 aliphatic heterocycles. The van der Waals surface area contributed by atoms with Crippen molar-refractivity contribution >= 4 is 11.7 Å². The first kappa shape index (κ1) is 14.8. The van der Waals surface area contributed by atoms with Gasteiger partial charge in [-0.1, -0.05) is 11.2 Å². The number of para-hydroxylation sites is 1. The van der Waals surface area contributed by atoms with Crippen LogP contribution in [0.4, 0.5) is 16.1 Å². The Morgan fingerprint density at radius 1 is 1.04 bits per heavy atom. The Hall–Kier alpha value is -3.09. The van der Waals surface area contributed by atoms with Crippen molar-refractivity contribution in [2.45, 2.75) is 0 Å². The van der Waals surface area contributed by atoms with Gasteiger partial charge in [0.1, 0.15) is 5.82 Å². The number of hydrogen-bond acceptors (Lipinski definition) is 6. The fourth-order valence-electron chi connectivity index (χ4n) is 2.10. The van der Waals surface area contributed by atoms with Crippen molar-refractivity contribution in [3.8, 4) is 22.9 Å². The van der Waals surface area contributed by atoms with E-state index in [9.17, 15) is 4.39 Å². The average Bonchev–Trinajstić information content (AvgIpc) is 3.04. The highest BCUT2D eigenvalue weighted by atomic mass is 19.1. The van der Waals surface area contributed by atoms with Crippen LogP contribution >= 0.6 is 0 Å². The summed E-state index contributed by atoms with van der Waals surface area (Å²) in [7, 11) is 3.10. The number of halogens is 1. The Morgan fingerprint density at radius 2 is 1.83 bits per heavy atom. The lowest BCUT2D eigenvalue weighted by atomic mass is 10.2. The van der Waals surface area contributed by atoms with Gasteiger partial charge in [-0.15, -0.1) is 0 Å². The van der Waals surface area contributed by atoms with Crippen LogP contribution in [0.25, 0.3) is 11.4 Å². The smallest absolute Gasteiger partial charge is 0.326 e. The molecular weight excluding hydrogens is 301 g/mol. The maximum atomic E-state index is 12.9. The maximum absolute atomic E-state index is 12.9. The number of anilines is 2. The van der Waals surface area contributed by atoms with E-state index in [0.29, 0.717) is 28.6 Å². The van der Waals surface area contributed by atoms with Gasteiger partial charge in [-0.25, -0.2) is 4.39 Å². The minimum absolute atomic E-state index is 0.191. The molecule has 3 rings (SSSR count). The molecule has 0 unspecified atom stereocenters. The summed E-state index contributed by atoms with van der Waals surface area (Å²) in [6, 6.07) is 11.4. The monoisotopic (exact) mass is 315 g/mol. The summed E-state index contributed by atoms with van der Waals surface area (Å²) in [5, 5.41) is 6.83. The molecule has 0 amide bonds. The zero-order chi connectivity index (χ0) is 16.2. The summed E-state index contributed by atoms with van der Waals surface area (Å²) in [5.74, 6) is 1.13. The number of hydrogen-bond donors (Lipinski definition) is 1. The molecular formula is C16H14FN3O3. The van der Waals surface area contributed by atoms with Gasteiger partial charge < -0.3 is 19.3 Å². The highest BCUT2D eigenvalue weighted by molar-refractivity contribution is 5.69. The van der Waals surface area contributed by atoms with Crippen LogP contribution in [-0.4, -0.2) is 24.4 Å². The predicted octanol–water partition coefficient (Wildman–Crippen LogP) is 3.64. The SMILES string of the molecule is COc1cccc(-c2noc(Nc3ccc(F)cc3)n2)c1OC. The number of aromatic nitrogens is 2. The summed E-state index contributed by atoms with van der Waals surface area (Å²) in [6.45, 7) is 0. The molecule has 0 aliphatic rings. The minimum atomic E-state index is -0.317. The Kier molecular flexibility index (Phi) is 4.09. The quantitative estimate of drug-likeness (QED) is 0.775. The minimum Gasteiger partial charge on any atom is -0.493 e. The van der Waals surface area contributed by atoms with Gasteiger partial charge in [-0.05, 0) is 36.4 Å². The first-order chi connectivity index (χ1) is 11.2. The lowest BCUT2D eigenvalue weighted by Gasteiger charge is -2.09. The average molecular weight is 315 g/mol. The molecule has 6 nitrogen and oxygen atoms in total. The second-order valence-corrected chi connectivity index (χ2v) is 4.60. The van der Waals surface area contributed by atoms with E-state index in [4.69, 9.17) is 14.0 Å². The van der Waals surface area contributed by atoms with Crippen LogP contribution in [0, 0.1) is 5.82 Å². The molecule has 0 aliphatic carbocycles. The summed E-state index contributed by atoms with van der Waals surface area (Å²) < 4.78 is 28.7. The third kappa shape index (κ3) is 3.08. The van der Waals surface area contributed by atoms with Crippen LogP contribution in [0.1, 0.15) is 0 Å².